The number of ether oxygens (including phenoxy) is 3. The number of hydrogen-bond acceptors (Lipinski definition) is 4. The van der Waals surface area contributed by atoms with Crippen LogP contribution < -0.4 is 5.73 Å². The SMILES string of the molecule is COCCOCCCOC(C)(C)CN. The second kappa shape index (κ2) is 8.17. The standard InChI is InChI=1S/C10H23NO3/c1-10(2,9-11)14-6-4-5-13-8-7-12-3/h4-9,11H2,1-3H3. The van der Waals surface area contributed by atoms with Gasteiger partial charge in [0.05, 0.1) is 18.8 Å². The number of hydrogen-bond donors (Lipinski definition) is 1. The zero-order valence-corrected chi connectivity index (χ0v) is 9.54. The van der Waals surface area contributed by atoms with E-state index in [9.17, 15) is 0 Å². The molecule has 0 aliphatic carbocycles. The van der Waals surface area contributed by atoms with Gasteiger partial charge < -0.3 is 19.9 Å². The van der Waals surface area contributed by atoms with Crippen molar-refractivity contribution in [2.45, 2.75) is 25.9 Å². The minimum atomic E-state index is -0.216. The molecule has 14 heavy (non-hydrogen) atoms. The van der Waals surface area contributed by atoms with Crippen LogP contribution in [0.5, 0.6) is 0 Å². The molecule has 0 unspecified atom stereocenters. The molecule has 0 heterocycles. The molecule has 0 saturated carbocycles. The van der Waals surface area contributed by atoms with E-state index in [2.05, 4.69) is 0 Å². The lowest BCUT2D eigenvalue weighted by Gasteiger charge is -2.23. The van der Waals surface area contributed by atoms with Crippen molar-refractivity contribution in [2.75, 3.05) is 40.1 Å². The third kappa shape index (κ3) is 8.44. The molecule has 0 aromatic carbocycles. The lowest BCUT2D eigenvalue weighted by molar-refractivity contribution is -0.0228. The van der Waals surface area contributed by atoms with Crippen LogP contribution in [0.3, 0.4) is 0 Å². The van der Waals surface area contributed by atoms with Gasteiger partial charge in [0.2, 0.25) is 0 Å². The van der Waals surface area contributed by atoms with Crippen LogP contribution in [0.4, 0.5) is 0 Å². The fraction of sp³-hybridized carbons (Fsp3) is 1.00. The van der Waals surface area contributed by atoms with Crippen molar-refractivity contribution >= 4 is 0 Å². The van der Waals surface area contributed by atoms with Gasteiger partial charge in [0.25, 0.3) is 0 Å². The Morgan fingerprint density at radius 1 is 1.07 bits per heavy atom. The van der Waals surface area contributed by atoms with Crippen LogP contribution in [0.15, 0.2) is 0 Å². The average Bonchev–Trinajstić information content (AvgIpc) is 2.16. The summed E-state index contributed by atoms with van der Waals surface area (Å²) in [7, 11) is 1.66. The fourth-order valence-corrected chi connectivity index (χ4v) is 0.813. The molecule has 0 fully saturated rings. The molecule has 0 aliphatic rings. The van der Waals surface area contributed by atoms with E-state index in [4.69, 9.17) is 19.9 Å². The Labute approximate surface area is 86.7 Å². The molecule has 0 amide bonds. The van der Waals surface area contributed by atoms with Crippen LogP contribution >= 0.6 is 0 Å². The van der Waals surface area contributed by atoms with E-state index >= 15 is 0 Å². The normalized spacial score (nSPS) is 12.0. The first-order valence-corrected chi connectivity index (χ1v) is 5.03. The highest BCUT2D eigenvalue weighted by Gasteiger charge is 2.14. The Kier molecular flexibility index (Phi) is 8.08. The lowest BCUT2D eigenvalue weighted by atomic mass is 10.1. The third-order valence-electron chi connectivity index (χ3n) is 1.85. The molecule has 0 aromatic heterocycles. The van der Waals surface area contributed by atoms with Gasteiger partial charge in [-0.2, -0.15) is 0 Å². The van der Waals surface area contributed by atoms with Crippen LogP contribution in [-0.4, -0.2) is 45.7 Å². The van der Waals surface area contributed by atoms with E-state index in [0.29, 0.717) is 33.0 Å². The summed E-state index contributed by atoms with van der Waals surface area (Å²) in [4.78, 5) is 0. The highest BCUT2D eigenvalue weighted by Crippen LogP contribution is 2.06. The quantitative estimate of drug-likeness (QED) is 0.565. The topological polar surface area (TPSA) is 53.7 Å². The molecule has 4 heteroatoms. The summed E-state index contributed by atoms with van der Waals surface area (Å²) < 4.78 is 15.7. The highest BCUT2D eigenvalue weighted by atomic mass is 16.5. The first-order valence-electron chi connectivity index (χ1n) is 5.03. The van der Waals surface area contributed by atoms with Gasteiger partial charge in [-0.3, -0.25) is 0 Å². The summed E-state index contributed by atoms with van der Waals surface area (Å²) in [5, 5.41) is 0. The fourth-order valence-electron chi connectivity index (χ4n) is 0.813. The minimum Gasteiger partial charge on any atom is -0.382 e. The molecular weight excluding hydrogens is 182 g/mol. The molecule has 2 N–H and O–H groups in total. The first-order chi connectivity index (χ1) is 6.62. The monoisotopic (exact) mass is 205 g/mol. The van der Waals surface area contributed by atoms with Gasteiger partial charge in [0.15, 0.2) is 0 Å². The second-order valence-electron chi connectivity index (χ2n) is 3.77. The number of methoxy groups -OCH3 is 1. The molecule has 0 aromatic rings. The van der Waals surface area contributed by atoms with Crippen molar-refractivity contribution in [2.24, 2.45) is 5.73 Å². The molecule has 0 aliphatic heterocycles. The van der Waals surface area contributed by atoms with Crippen molar-refractivity contribution in [3.05, 3.63) is 0 Å². The summed E-state index contributed by atoms with van der Waals surface area (Å²) in [6.07, 6.45) is 0.896. The van der Waals surface area contributed by atoms with E-state index in [1.165, 1.54) is 0 Å². The highest BCUT2D eigenvalue weighted by molar-refractivity contribution is 4.68. The maximum absolute atomic E-state index is 5.55. The molecule has 0 spiro atoms. The van der Waals surface area contributed by atoms with E-state index in [0.717, 1.165) is 6.42 Å². The van der Waals surface area contributed by atoms with E-state index in [-0.39, 0.29) is 5.60 Å². The molecular formula is C10H23NO3. The molecule has 0 bridgehead atoms. The van der Waals surface area contributed by atoms with Crippen LogP contribution in [0, 0.1) is 0 Å². The van der Waals surface area contributed by atoms with Crippen molar-refractivity contribution in [1.82, 2.24) is 0 Å². The summed E-state index contributed by atoms with van der Waals surface area (Å²) >= 11 is 0. The summed E-state index contributed by atoms with van der Waals surface area (Å²) in [5.41, 5.74) is 5.30. The Balaban J connectivity index is 3.13. The maximum atomic E-state index is 5.55. The molecule has 0 atom stereocenters. The maximum Gasteiger partial charge on any atom is 0.0748 e. The van der Waals surface area contributed by atoms with E-state index < -0.39 is 0 Å². The molecule has 4 nitrogen and oxygen atoms in total. The summed E-state index contributed by atoms with van der Waals surface area (Å²) in [6.45, 7) is 7.21. The largest absolute Gasteiger partial charge is 0.382 e. The first kappa shape index (κ1) is 13.8. The molecule has 0 saturated heterocycles. The van der Waals surface area contributed by atoms with E-state index in [1.807, 2.05) is 13.8 Å². The smallest absolute Gasteiger partial charge is 0.0748 e. The van der Waals surface area contributed by atoms with Gasteiger partial charge in [-0.1, -0.05) is 0 Å². The van der Waals surface area contributed by atoms with Gasteiger partial charge in [0, 0.05) is 26.9 Å². The average molecular weight is 205 g/mol. The van der Waals surface area contributed by atoms with Gasteiger partial charge in [-0.25, -0.2) is 0 Å². The number of nitrogens with two attached hydrogens (primary N) is 1. The minimum absolute atomic E-state index is 0.216. The summed E-state index contributed by atoms with van der Waals surface area (Å²) in [6, 6.07) is 0. The van der Waals surface area contributed by atoms with Crippen LogP contribution in [0.25, 0.3) is 0 Å². The summed E-state index contributed by atoms with van der Waals surface area (Å²) in [5.74, 6) is 0. The van der Waals surface area contributed by atoms with Crippen LogP contribution in [0.2, 0.25) is 0 Å². The second-order valence-corrected chi connectivity index (χ2v) is 3.77. The zero-order valence-electron chi connectivity index (χ0n) is 9.54. The van der Waals surface area contributed by atoms with Crippen LogP contribution in [-0.2, 0) is 14.2 Å². The van der Waals surface area contributed by atoms with E-state index in [1.54, 1.807) is 7.11 Å². The Hall–Kier alpha value is -0.160. The Bertz CT molecular complexity index is 129. The van der Waals surface area contributed by atoms with Gasteiger partial charge in [-0.05, 0) is 20.3 Å². The Morgan fingerprint density at radius 3 is 2.36 bits per heavy atom. The number of rotatable bonds is 9. The molecule has 0 rings (SSSR count). The third-order valence-corrected chi connectivity index (χ3v) is 1.85. The van der Waals surface area contributed by atoms with Crippen LogP contribution in [0.1, 0.15) is 20.3 Å². The van der Waals surface area contributed by atoms with Crippen molar-refractivity contribution in [3.63, 3.8) is 0 Å². The Morgan fingerprint density at radius 2 is 1.79 bits per heavy atom. The van der Waals surface area contributed by atoms with Gasteiger partial charge >= 0.3 is 0 Å². The van der Waals surface area contributed by atoms with Gasteiger partial charge in [0.1, 0.15) is 0 Å². The zero-order chi connectivity index (χ0) is 10.9. The van der Waals surface area contributed by atoms with Gasteiger partial charge in [-0.15, -0.1) is 0 Å². The predicted octanol–water partition coefficient (Wildman–Crippen LogP) is 0.793. The lowest BCUT2D eigenvalue weighted by Crippen LogP contribution is -2.34. The van der Waals surface area contributed by atoms with Crippen molar-refractivity contribution in [1.29, 1.82) is 0 Å². The van der Waals surface area contributed by atoms with Crippen molar-refractivity contribution in [3.8, 4) is 0 Å². The van der Waals surface area contributed by atoms with Crippen molar-refractivity contribution < 1.29 is 14.2 Å². The predicted molar refractivity (Wildman–Crippen MR) is 56.4 cm³/mol. The molecule has 0 radical (unpaired) electrons. The molecule has 86 valence electrons.